The molecule has 0 spiro atoms. The lowest BCUT2D eigenvalue weighted by molar-refractivity contribution is -0.127. The maximum Gasteiger partial charge on any atom is 0.271 e. The number of halogens is 1. The van der Waals surface area contributed by atoms with Gasteiger partial charge in [0.1, 0.15) is 24.1 Å². The second kappa shape index (κ2) is 13.5. The highest BCUT2D eigenvalue weighted by Gasteiger charge is 2.36. The number of carbonyl (C=O) groups excluding carboxylic acids is 1. The molecule has 6 rings (SSSR count). The average molecular weight is 697 g/mol. The number of benzene rings is 4. The minimum Gasteiger partial charge on any atom is -0.496 e. The molecule has 2 heterocycles. The van der Waals surface area contributed by atoms with Gasteiger partial charge < -0.3 is 14.4 Å². The zero-order valence-corrected chi connectivity index (χ0v) is 28.5. The Labute approximate surface area is 279 Å². The predicted molar refractivity (Wildman–Crippen MR) is 187 cm³/mol. The number of ether oxygens (including phenoxy) is 2. The molecular weight excluding hydrogens is 662 g/mol. The summed E-state index contributed by atoms with van der Waals surface area (Å²) in [4.78, 5) is 35.6. The average Bonchev–Trinajstić information content (AvgIpc) is 3.38. The minimum atomic E-state index is -0.720. The van der Waals surface area contributed by atoms with Gasteiger partial charge in [-0.2, -0.15) is 0 Å². The minimum absolute atomic E-state index is 0.140. The van der Waals surface area contributed by atoms with E-state index >= 15 is 0 Å². The molecule has 1 amide bonds. The maximum atomic E-state index is 14.3. The van der Waals surface area contributed by atoms with Crippen molar-refractivity contribution in [2.45, 2.75) is 33.4 Å². The first-order valence-electron chi connectivity index (χ1n) is 15.2. The van der Waals surface area contributed by atoms with Gasteiger partial charge in [-0.25, -0.2) is 4.99 Å². The molecule has 7 nitrogen and oxygen atoms in total. The van der Waals surface area contributed by atoms with E-state index in [2.05, 4.69) is 15.9 Å². The van der Waals surface area contributed by atoms with Crippen LogP contribution in [0.15, 0.2) is 110 Å². The number of rotatable bonds is 9. The molecule has 1 aromatic heterocycles. The zero-order valence-electron chi connectivity index (χ0n) is 26.1. The molecule has 9 heteroatoms. The lowest BCUT2D eigenvalue weighted by Crippen LogP contribution is -2.43. The van der Waals surface area contributed by atoms with E-state index in [1.165, 1.54) is 11.3 Å². The van der Waals surface area contributed by atoms with Crippen LogP contribution in [0.1, 0.15) is 43.5 Å². The summed E-state index contributed by atoms with van der Waals surface area (Å²) in [6.45, 7) is 7.30. The fourth-order valence-corrected chi connectivity index (χ4v) is 7.15. The number of aromatic nitrogens is 1. The van der Waals surface area contributed by atoms with E-state index in [0.717, 1.165) is 37.7 Å². The van der Waals surface area contributed by atoms with Crippen molar-refractivity contribution in [3.05, 3.63) is 137 Å². The predicted octanol–water partition coefficient (Wildman–Crippen LogP) is 6.61. The molecule has 0 fully saturated rings. The molecule has 234 valence electrons. The van der Waals surface area contributed by atoms with Gasteiger partial charge in [-0.1, -0.05) is 81.9 Å². The first kappa shape index (κ1) is 31.5. The Balaban J connectivity index is 1.45. The largest absolute Gasteiger partial charge is 0.496 e. The molecule has 1 aliphatic rings. The standard InChI is InChI=1S/C37H34BrN3O4S/c1-5-40(6-2)36(43)32-23(3)39-37-41(34(32)33-29-10-8-7-9-26(29)15-20-30(33)44-4)35(42)31(46-37)21-24-13-18-28(19-14-24)45-22-25-11-16-27(38)17-12-25/h7-21,34H,5-6,22H2,1-4H3/b31-21+/t34-/m1/s1. The van der Waals surface area contributed by atoms with Gasteiger partial charge >= 0.3 is 0 Å². The SMILES string of the molecule is CCN(CC)C(=O)C1=C(C)N=c2s/c(=C/c3ccc(OCc4ccc(Br)cc4)cc3)c(=O)n2[C@H]1c1c(OC)ccc2ccccc12. The fourth-order valence-electron chi connectivity index (χ4n) is 5.84. The van der Waals surface area contributed by atoms with Gasteiger partial charge in [0.05, 0.1) is 22.9 Å². The Morgan fingerprint density at radius 2 is 1.72 bits per heavy atom. The monoisotopic (exact) mass is 695 g/mol. The number of likely N-dealkylation sites (N-methyl/N-ethyl adjacent to an activating group) is 1. The maximum absolute atomic E-state index is 14.3. The first-order valence-corrected chi connectivity index (χ1v) is 16.8. The summed E-state index contributed by atoms with van der Waals surface area (Å²) >= 11 is 4.77. The summed E-state index contributed by atoms with van der Waals surface area (Å²) < 4.78 is 15.1. The van der Waals surface area contributed by atoms with Gasteiger partial charge in [0.15, 0.2) is 4.80 Å². The Hall–Kier alpha value is -4.47. The summed E-state index contributed by atoms with van der Waals surface area (Å²) in [5, 5.41) is 1.91. The van der Waals surface area contributed by atoms with Crippen LogP contribution in [0.5, 0.6) is 11.5 Å². The van der Waals surface area contributed by atoms with Crippen LogP contribution in [0.25, 0.3) is 16.8 Å². The van der Waals surface area contributed by atoms with Crippen LogP contribution in [0.4, 0.5) is 0 Å². The van der Waals surface area contributed by atoms with Crippen LogP contribution in [0, 0.1) is 0 Å². The van der Waals surface area contributed by atoms with Crippen molar-refractivity contribution in [2.24, 2.45) is 4.99 Å². The smallest absolute Gasteiger partial charge is 0.271 e. The van der Waals surface area contributed by atoms with Crippen LogP contribution in [0.2, 0.25) is 0 Å². The van der Waals surface area contributed by atoms with Crippen molar-refractivity contribution >= 4 is 50.0 Å². The third-order valence-electron chi connectivity index (χ3n) is 8.22. The van der Waals surface area contributed by atoms with Crippen LogP contribution in [-0.4, -0.2) is 35.6 Å². The lowest BCUT2D eigenvalue weighted by Gasteiger charge is -2.30. The number of nitrogens with zero attached hydrogens (tertiary/aromatic N) is 3. The molecule has 0 saturated heterocycles. The third kappa shape index (κ3) is 6.04. The molecule has 0 unspecified atom stereocenters. The lowest BCUT2D eigenvalue weighted by atomic mass is 9.90. The van der Waals surface area contributed by atoms with Crippen molar-refractivity contribution in [1.82, 2.24) is 9.47 Å². The molecule has 4 aromatic carbocycles. The summed E-state index contributed by atoms with van der Waals surface area (Å²) in [7, 11) is 1.62. The number of carbonyl (C=O) groups is 1. The molecule has 0 saturated carbocycles. The molecule has 5 aromatic rings. The second-order valence-corrected chi connectivity index (χ2v) is 12.9. The van der Waals surface area contributed by atoms with Gasteiger partial charge in [0.25, 0.3) is 11.5 Å². The molecule has 1 atom stereocenters. The molecule has 0 aliphatic carbocycles. The van der Waals surface area contributed by atoms with Crippen molar-refractivity contribution in [3.8, 4) is 11.5 Å². The van der Waals surface area contributed by atoms with Gasteiger partial charge in [0.2, 0.25) is 0 Å². The highest BCUT2D eigenvalue weighted by atomic mass is 79.9. The summed E-state index contributed by atoms with van der Waals surface area (Å²) in [5.41, 5.74) is 3.55. The molecule has 46 heavy (non-hydrogen) atoms. The zero-order chi connectivity index (χ0) is 32.4. The van der Waals surface area contributed by atoms with Crippen molar-refractivity contribution in [1.29, 1.82) is 0 Å². The Morgan fingerprint density at radius 1 is 1.00 bits per heavy atom. The van der Waals surface area contributed by atoms with E-state index in [-0.39, 0.29) is 11.5 Å². The van der Waals surface area contributed by atoms with Crippen LogP contribution in [-0.2, 0) is 11.4 Å². The van der Waals surface area contributed by atoms with Gasteiger partial charge in [-0.05, 0) is 79.1 Å². The van der Waals surface area contributed by atoms with Gasteiger partial charge in [0, 0.05) is 23.1 Å². The fraction of sp³-hybridized carbons (Fsp3) is 0.216. The van der Waals surface area contributed by atoms with Gasteiger partial charge in [-0.15, -0.1) is 0 Å². The number of allylic oxidation sites excluding steroid dienone is 1. The Morgan fingerprint density at radius 3 is 2.41 bits per heavy atom. The number of methoxy groups -OCH3 is 1. The second-order valence-electron chi connectivity index (χ2n) is 10.9. The number of amides is 1. The van der Waals surface area contributed by atoms with Crippen molar-refractivity contribution in [3.63, 3.8) is 0 Å². The molecule has 0 radical (unpaired) electrons. The highest BCUT2D eigenvalue weighted by molar-refractivity contribution is 9.10. The van der Waals surface area contributed by atoms with Crippen LogP contribution in [0.3, 0.4) is 0 Å². The van der Waals surface area contributed by atoms with Crippen molar-refractivity contribution in [2.75, 3.05) is 20.2 Å². The Bertz CT molecular complexity index is 2130. The van der Waals surface area contributed by atoms with E-state index in [0.29, 0.717) is 46.0 Å². The quantitative estimate of drug-likeness (QED) is 0.174. The van der Waals surface area contributed by atoms with E-state index in [1.807, 2.05) is 112 Å². The first-order chi connectivity index (χ1) is 22.3. The summed E-state index contributed by atoms with van der Waals surface area (Å²) in [5.74, 6) is 1.20. The molecular formula is C37H34BrN3O4S. The van der Waals surface area contributed by atoms with E-state index in [1.54, 1.807) is 16.6 Å². The number of fused-ring (bicyclic) bond motifs is 2. The van der Waals surface area contributed by atoms with Crippen molar-refractivity contribution < 1.29 is 14.3 Å². The van der Waals surface area contributed by atoms with Crippen LogP contribution < -0.4 is 24.4 Å². The highest BCUT2D eigenvalue weighted by Crippen LogP contribution is 2.40. The number of thiazole rings is 1. The van der Waals surface area contributed by atoms with E-state index < -0.39 is 6.04 Å². The number of hydrogen-bond acceptors (Lipinski definition) is 6. The summed E-state index contributed by atoms with van der Waals surface area (Å²) in [6.07, 6.45) is 1.87. The third-order valence-corrected chi connectivity index (χ3v) is 9.74. The Kier molecular flexibility index (Phi) is 9.24. The normalized spacial score (nSPS) is 14.6. The molecule has 0 bridgehead atoms. The van der Waals surface area contributed by atoms with Crippen LogP contribution >= 0.6 is 27.3 Å². The molecule has 1 aliphatic heterocycles. The number of hydrogen-bond donors (Lipinski definition) is 0. The topological polar surface area (TPSA) is 73.1 Å². The van der Waals surface area contributed by atoms with Gasteiger partial charge in [-0.3, -0.25) is 14.2 Å². The van der Waals surface area contributed by atoms with E-state index in [9.17, 15) is 9.59 Å². The van der Waals surface area contributed by atoms with E-state index in [4.69, 9.17) is 14.5 Å². The molecule has 0 N–H and O–H groups in total. The summed E-state index contributed by atoms with van der Waals surface area (Å²) in [6, 6.07) is 26.8.